The van der Waals surface area contributed by atoms with Crippen LogP contribution in [0.1, 0.15) is 43.9 Å². The summed E-state index contributed by atoms with van der Waals surface area (Å²) >= 11 is 0. The number of rotatable bonds is 10. The Morgan fingerprint density at radius 3 is 2.50 bits per heavy atom. The fourth-order valence-corrected chi connectivity index (χ4v) is 4.02. The lowest BCUT2D eigenvalue weighted by atomic mass is 9.88. The van der Waals surface area contributed by atoms with Gasteiger partial charge in [0.25, 0.3) is 0 Å². The quantitative estimate of drug-likeness (QED) is 0.592. The van der Waals surface area contributed by atoms with E-state index in [1.54, 1.807) is 30.1 Å². The van der Waals surface area contributed by atoms with Gasteiger partial charge in [-0.3, -0.25) is 14.5 Å². The highest BCUT2D eigenvalue weighted by atomic mass is 16.5. The molecular weight excluding hydrogens is 406 g/mol. The Morgan fingerprint density at radius 1 is 1.00 bits per heavy atom. The van der Waals surface area contributed by atoms with Crippen molar-refractivity contribution in [3.05, 3.63) is 53.6 Å². The van der Waals surface area contributed by atoms with Crippen LogP contribution in [0.3, 0.4) is 0 Å². The van der Waals surface area contributed by atoms with Crippen LogP contribution in [-0.4, -0.2) is 50.1 Å². The maximum Gasteiger partial charge on any atom is 0.238 e. The van der Waals surface area contributed by atoms with Gasteiger partial charge in [0.2, 0.25) is 11.8 Å². The summed E-state index contributed by atoms with van der Waals surface area (Å²) < 4.78 is 11.2. The van der Waals surface area contributed by atoms with Gasteiger partial charge < -0.3 is 20.1 Å². The number of nitrogens with zero attached hydrogens (tertiary/aromatic N) is 1. The third kappa shape index (κ3) is 6.47. The Bertz CT molecular complexity index is 931. The predicted octanol–water partition coefficient (Wildman–Crippen LogP) is 3.55. The van der Waals surface area contributed by atoms with Crippen molar-refractivity contribution >= 4 is 17.5 Å². The summed E-state index contributed by atoms with van der Waals surface area (Å²) in [6.45, 7) is 5.09. The van der Waals surface area contributed by atoms with E-state index in [0.717, 1.165) is 19.3 Å². The van der Waals surface area contributed by atoms with E-state index in [1.165, 1.54) is 11.1 Å². The number of benzene rings is 2. The number of carbonyl (C=O) groups excluding carboxylic acids is 2. The van der Waals surface area contributed by atoms with Crippen molar-refractivity contribution in [2.45, 2.75) is 39.2 Å². The maximum absolute atomic E-state index is 12.6. The van der Waals surface area contributed by atoms with Crippen LogP contribution >= 0.6 is 0 Å². The molecule has 0 heterocycles. The standard InChI is InChI=1S/C25H33N3O4/c1-4-31-22-14-13-19(15-23(22)32-5-2)26-24(29)16-28(3)17-25(30)27-21-12-8-10-18-9-6-7-11-20(18)21/h6-7,9,11,13-15,21H,4-5,8,10,12,16-17H2,1-3H3,(H,26,29)(H,27,30)/t21-/m0/s1. The van der Waals surface area contributed by atoms with Crippen molar-refractivity contribution in [2.24, 2.45) is 0 Å². The van der Waals surface area contributed by atoms with Gasteiger partial charge in [-0.15, -0.1) is 0 Å². The van der Waals surface area contributed by atoms with Crippen LogP contribution in [-0.2, 0) is 16.0 Å². The molecule has 3 rings (SSSR count). The van der Waals surface area contributed by atoms with Crippen molar-refractivity contribution in [1.82, 2.24) is 10.2 Å². The number of fused-ring (bicyclic) bond motifs is 1. The molecule has 1 aliphatic rings. The first-order chi connectivity index (χ1) is 15.5. The third-order valence-corrected chi connectivity index (χ3v) is 5.36. The van der Waals surface area contributed by atoms with E-state index >= 15 is 0 Å². The number of anilines is 1. The van der Waals surface area contributed by atoms with E-state index in [2.05, 4.69) is 22.8 Å². The lowest BCUT2D eigenvalue weighted by Crippen LogP contribution is -2.40. The van der Waals surface area contributed by atoms with Crippen LogP contribution in [0.2, 0.25) is 0 Å². The molecule has 0 aromatic heterocycles. The zero-order valence-electron chi connectivity index (χ0n) is 19.1. The Hall–Kier alpha value is -3.06. The molecular formula is C25H33N3O4. The molecule has 0 fully saturated rings. The van der Waals surface area contributed by atoms with Gasteiger partial charge in [-0.1, -0.05) is 24.3 Å². The van der Waals surface area contributed by atoms with Crippen molar-refractivity contribution in [3.8, 4) is 11.5 Å². The van der Waals surface area contributed by atoms with E-state index in [4.69, 9.17) is 9.47 Å². The van der Waals surface area contributed by atoms with E-state index in [9.17, 15) is 9.59 Å². The fraction of sp³-hybridized carbons (Fsp3) is 0.440. The van der Waals surface area contributed by atoms with Gasteiger partial charge in [-0.2, -0.15) is 0 Å². The van der Waals surface area contributed by atoms with Crippen LogP contribution in [0.15, 0.2) is 42.5 Å². The van der Waals surface area contributed by atoms with E-state index < -0.39 is 0 Å². The van der Waals surface area contributed by atoms with Crippen LogP contribution in [0.5, 0.6) is 11.5 Å². The zero-order valence-corrected chi connectivity index (χ0v) is 19.1. The molecule has 2 aromatic rings. The minimum atomic E-state index is -0.199. The van der Waals surface area contributed by atoms with Gasteiger partial charge in [0.15, 0.2) is 11.5 Å². The van der Waals surface area contributed by atoms with Crippen LogP contribution in [0.25, 0.3) is 0 Å². The molecule has 0 unspecified atom stereocenters. The lowest BCUT2D eigenvalue weighted by Gasteiger charge is -2.27. The number of nitrogens with one attached hydrogen (secondary N) is 2. The molecule has 32 heavy (non-hydrogen) atoms. The summed E-state index contributed by atoms with van der Waals surface area (Å²) in [6.07, 6.45) is 3.05. The smallest absolute Gasteiger partial charge is 0.238 e. The summed E-state index contributed by atoms with van der Waals surface area (Å²) in [5.41, 5.74) is 3.13. The summed E-state index contributed by atoms with van der Waals surface area (Å²) in [5.74, 6) is 0.953. The Balaban J connectivity index is 1.51. The van der Waals surface area contributed by atoms with Crippen LogP contribution < -0.4 is 20.1 Å². The molecule has 2 amide bonds. The monoisotopic (exact) mass is 439 g/mol. The third-order valence-electron chi connectivity index (χ3n) is 5.36. The van der Waals surface area contributed by atoms with E-state index in [0.29, 0.717) is 30.4 Å². The SMILES string of the molecule is CCOc1ccc(NC(=O)CN(C)CC(=O)N[C@H]2CCCc3ccccc32)cc1OCC. The molecule has 1 atom stereocenters. The van der Waals surface area contributed by atoms with E-state index in [1.807, 2.05) is 26.0 Å². The fourth-order valence-electron chi connectivity index (χ4n) is 4.02. The topological polar surface area (TPSA) is 79.9 Å². The van der Waals surface area contributed by atoms with Crippen molar-refractivity contribution in [1.29, 1.82) is 0 Å². The largest absolute Gasteiger partial charge is 0.490 e. The molecule has 7 nitrogen and oxygen atoms in total. The number of hydrogen-bond donors (Lipinski definition) is 2. The highest BCUT2D eigenvalue weighted by Gasteiger charge is 2.22. The van der Waals surface area contributed by atoms with Crippen molar-refractivity contribution < 1.29 is 19.1 Å². The zero-order chi connectivity index (χ0) is 22.9. The number of ether oxygens (including phenoxy) is 2. The van der Waals surface area contributed by atoms with Gasteiger partial charge >= 0.3 is 0 Å². The van der Waals surface area contributed by atoms with Gasteiger partial charge in [0.1, 0.15) is 0 Å². The summed E-state index contributed by atoms with van der Waals surface area (Å²) in [7, 11) is 1.76. The van der Waals surface area contributed by atoms with Gasteiger partial charge in [-0.05, 0) is 63.4 Å². The van der Waals surface area contributed by atoms with Gasteiger partial charge in [-0.25, -0.2) is 0 Å². The Morgan fingerprint density at radius 2 is 1.72 bits per heavy atom. The maximum atomic E-state index is 12.6. The first kappa shape index (κ1) is 23.6. The Kier molecular flexibility index (Phi) is 8.50. The summed E-state index contributed by atoms with van der Waals surface area (Å²) in [4.78, 5) is 26.8. The van der Waals surface area contributed by atoms with Gasteiger partial charge in [0, 0.05) is 11.8 Å². The molecule has 0 aliphatic heterocycles. The normalized spacial score (nSPS) is 15.1. The molecule has 0 saturated heterocycles. The molecule has 172 valence electrons. The van der Waals surface area contributed by atoms with E-state index in [-0.39, 0.29) is 30.9 Å². The molecule has 2 N–H and O–H groups in total. The summed E-state index contributed by atoms with van der Waals surface area (Å²) in [6, 6.07) is 13.6. The average molecular weight is 440 g/mol. The summed E-state index contributed by atoms with van der Waals surface area (Å²) in [5, 5.41) is 5.99. The molecule has 0 saturated carbocycles. The number of likely N-dealkylation sites (N-methyl/N-ethyl adjacent to an activating group) is 1. The molecule has 0 bridgehead atoms. The predicted molar refractivity (Wildman–Crippen MR) is 125 cm³/mol. The molecule has 0 spiro atoms. The first-order valence-corrected chi connectivity index (χ1v) is 11.2. The minimum absolute atomic E-state index is 0.0375. The second-order valence-corrected chi connectivity index (χ2v) is 7.96. The second kappa shape index (κ2) is 11.5. The number of aryl methyl sites for hydroxylation is 1. The highest BCUT2D eigenvalue weighted by molar-refractivity contribution is 5.93. The number of carbonyl (C=O) groups is 2. The van der Waals surface area contributed by atoms with Crippen molar-refractivity contribution in [2.75, 3.05) is 38.7 Å². The molecule has 1 aliphatic carbocycles. The van der Waals surface area contributed by atoms with Crippen LogP contribution in [0.4, 0.5) is 5.69 Å². The van der Waals surface area contributed by atoms with Crippen LogP contribution in [0, 0.1) is 0 Å². The highest BCUT2D eigenvalue weighted by Crippen LogP contribution is 2.31. The second-order valence-electron chi connectivity index (χ2n) is 7.96. The Labute approximate surface area is 190 Å². The first-order valence-electron chi connectivity index (χ1n) is 11.2. The molecule has 0 radical (unpaired) electrons. The number of hydrogen-bond acceptors (Lipinski definition) is 5. The molecule has 7 heteroatoms. The lowest BCUT2D eigenvalue weighted by molar-refractivity contribution is -0.123. The average Bonchev–Trinajstić information content (AvgIpc) is 2.76. The van der Waals surface area contributed by atoms with Crippen molar-refractivity contribution in [3.63, 3.8) is 0 Å². The molecule has 2 aromatic carbocycles. The number of amides is 2. The van der Waals surface area contributed by atoms with Gasteiger partial charge in [0.05, 0.1) is 32.3 Å². The minimum Gasteiger partial charge on any atom is -0.490 e.